The van der Waals surface area contributed by atoms with Gasteiger partial charge in [-0.3, -0.25) is 0 Å². The van der Waals surface area contributed by atoms with Crippen molar-refractivity contribution in [2.45, 2.75) is 13.0 Å². The van der Waals surface area contributed by atoms with Crippen molar-refractivity contribution < 1.29 is 23.4 Å². The minimum Gasteiger partial charge on any atom is -0.505 e. The Morgan fingerprint density at radius 3 is 2.54 bits per heavy atom. The zero-order valence-electron chi connectivity index (χ0n) is 6.34. The van der Waals surface area contributed by atoms with E-state index < -0.39 is 30.4 Å². The Kier molecular flexibility index (Phi) is 2.72. The summed E-state index contributed by atoms with van der Waals surface area (Å²) in [5.41, 5.74) is -1.35. The van der Waals surface area contributed by atoms with E-state index in [9.17, 15) is 13.2 Å². The highest BCUT2D eigenvalue weighted by Crippen LogP contribution is 2.29. The minimum absolute atomic E-state index is 0.303. The Morgan fingerprint density at radius 1 is 1.46 bits per heavy atom. The average Bonchev–Trinajstić information content (AvgIpc) is 2.08. The van der Waals surface area contributed by atoms with E-state index in [-0.39, 0.29) is 5.56 Å². The molecule has 13 heavy (non-hydrogen) atoms. The summed E-state index contributed by atoms with van der Waals surface area (Å²) >= 11 is 0. The topological polar surface area (TPSA) is 53.4 Å². The molecule has 0 bridgehead atoms. The lowest BCUT2D eigenvalue weighted by Crippen LogP contribution is -1.98. The van der Waals surface area contributed by atoms with E-state index in [0.717, 1.165) is 0 Å². The lowest BCUT2D eigenvalue weighted by Gasteiger charge is -2.06. The summed E-state index contributed by atoms with van der Waals surface area (Å²) in [6.07, 6.45) is -3.07. The Hall–Kier alpha value is -1.30. The molecule has 1 heterocycles. The van der Waals surface area contributed by atoms with Crippen LogP contribution in [0.3, 0.4) is 0 Å². The van der Waals surface area contributed by atoms with Crippen LogP contribution in [0.5, 0.6) is 5.75 Å². The first-order valence-electron chi connectivity index (χ1n) is 3.33. The van der Waals surface area contributed by atoms with Gasteiger partial charge < -0.3 is 10.2 Å². The summed E-state index contributed by atoms with van der Waals surface area (Å²) in [6, 6.07) is 0.696. The predicted molar refractivity (Wildman–Crippen MR) is 36.7 cm³/mol. The highest BCUT2D eigenvalue weighted by Gasteiger charge is 2.19. The van der Waals surface area contributed by atoms with E-state index >= 15 is 0 Å². The average molecular weight is 193 g/mol. The predicted octanol–water partition coefficient (Wildman–Crippen LogP) is 1.36. The summed E-state index contributed by atoms with van der Waals surface area (Å²) in [7, 11) is 0. The second-order valence-electron chi connectivity index (χ2n) is 2.30. The van der Waals surface area contributed by atoms with Crippen molar-refractivity contribution in [3.05, 3.63) is 23.3 Å². The van der Waals surface area contributed by atoms with Crippen LogP contribution in [0.1, 0.15) is 17.7 Å². The number of aromatic nitrogens is 1. The fourth-order valence-corrected chi connectivity index (χ4v) is 0.850. The molecule has 1 rings (SSSR count). The van der Waals surface area contributed by atoms with Gasteiger partial charge in [0.25, 0.3) is 6.43 Å². The van der Waals surface area contributed by atoms with Crippen LogP contribution in [0.4, 0.5) is 13.2 Å². The second-order valence-corrected chi connectivity index (χ2v) is 2.30. The first-order valence-corrected chi connectivity index (χ1v) is 3.33. The van der Waals surface area contributed by atoms with Crippen LogP contribution in [0, 0.1) is 5.95 Å². The van der Waals surface area contributed by atoms with Gasteiger partial charge in [-0.2, -0.15) is 4.39 Å². The summed E-state index contributed by atoms with van der Waals surface area (Å²) in [5, 5.41) is 17.6. The van der Waals surface area contributed by atoms with E-state index in [4.69, 9.17) is 10.2 Å². The summed E-state index contributed by atoms with van der Waals surface area (Å²) in [5.74, 6) is -2.02. The van der Waals surface area contributed by atoms with E-state index in [1.807, 2.05) is 0 Å². The van der Waals surface area contributed by atoms with Crippen molar-refractivity contribution in [2.75, 3.05) is 0 Å². The fraction of sp³-hybridized carbons (Fsp3) is 0.286. The van der Waals surface area contributed by atoms with Crippen molar-refractivity contribution in [3.8, 4) is 5.75 Å². The van der Waals surface area contributed by atoms with Crippen LogP contribution in [-0.2, 0) is 6.61 Å². The molecule has 6 heteroatoms. The molecule has 0 unspecified atom stereocenters. The SMILES string of the molecule is OCc1cc(F)nc(C(F)F)c1O. The van der Waals surface area contributed by atoms with E-state index in [1.165, 1.54) is 0 Å². The molecule has 0 aliphatic rings. The molecule has 0 atom stereocenters. The van der Waals surface area contributed by atoms with Gasteiger partial charge in [0.05, 0.1) is 6.61 Å². The lowest BCUT2D eigenvalue weighted by molar-refractivity contribution is 0.139. The summed E-state index contributed by atoms with van der Waals surface area (Å²) in [6.45, 7) is -0.717. The largest absolute Gasteiger partial charge is 0.505 e. The number of aromatic hydroxyl groups is 1. The summed E-state index contributed by atoms with van der Waals surface area (Å²) in [4.78, 5) is 2.80. The van der Waals surface area contributed by atoms with Crippen molar-refractivity contribution in [3.63, 3.8) is 0 Å². The first-order chi connectivity index (χ1) is 6.06. The Bertz CT molecular complexity index is 317. The third kappa shape index (κ3) is 1.89. The zero-order chi connectivity index (χ0) is 10.0. The number of nitrogens with zero attached hydrogens (tertiary/aromatic N) is 1. The van der Waals surface area contributed by atoms with E-state index in [1.54, 1.807) is 0 Å². The molecule has 1 aromatic rings. The Labute approximate surface area is 71.5 Å². The fourth-order valence-electron chi connectivity index (χ4n) is 0.850. The van der Waals surface area contributed by atoms with Crippen molar-refractivity contribution in [1.29, 1.82) is 0 Å². The number of aliphatic hydroxyl groups excluding tert-OH is 1. The molecule has 0 fully saturated rings. The zero-order valence-corrected chi connectivity index (χ0v) is 6.34. The van der Waals surface area contributed by atoms with Gasteiger partial charge >= 0.3 is 0 Å². The molecule has 2 N–H and O–H groups in total. The molecule has 0 radical (unpaired) electrons. The van der Waals surface area contributed by atoms with Crippen LogP contribution in [-0.4, -0.2) is 15.2 Å². The number of pyridine rings is 1. The molecule has 0 aliphatic carbocycles. The highest BCUT2D eigenvalue weighted by molar-refractivity contribution is 5.35. The molecule has 0 aromatic carbocycles. The molecule has 0 saturated carbocycles. The van der Waals surface area contributed by atoms with Crippen LogP contribution in [0.25, 0.3) is 0 Å². The number of halogens is 3. The maximum absolute atomic E-state index is 12.5. The third-order valence-corrected chi connectivity index (χ3v) is 1.44. The number of aliphatic hydroxyl groups is 1. The molecule has 0 aliphatic heterocycles. The molecule has 72 valence electrons. The number of hydrogen-bond donors (Lipinski definition) is 2. The molecule has 0 saturated heterocycles. The Morgan fingerprint density at radius 2 is 2.08 bits per heavy atom. The maximum Gasteiger partial charge on any atom is 0.284 e. The minimum atomic E-state index is -3.07. The van der Waals surface area contributed by atoms with Gasteiger partial charge in [0.2, 0.25) is 5.95 Å². The van der Waals surface area contributed by atoms with Crippen LogP contribution in [0.15, 0.2) is 6.07 Å². The highest BCUT2D eigenvalue weighted by atomic mass is 19.3. The molecular formula is C7H6F3NO2. The van der Waals surface area contributed by atoms with Gasteiger partial charge in [0.1, 0.15) is 5.75 Å². The number of alkyl halides is 2. The second kappa shape index (κ2) is 3.61. The lowest BCUT2D eigenvalue weighted by atomic mass is 10.2. The molecule has 3 nitrogen and oxygen atoms in total. The van der Waals surface area contributed by atoms with Gasteiger partial charge in [-0.1, -0.05) is 0 Å². The molecule has 0 amide bonds. The number of rotatable bonds is 2. The van der Waals surface area contributed by atoms with E-state index in [2.05, 4.69) is 4.98 Å². The van der Waals surface area contributed by atoms with Gasteiger partial charge in [-0.15, -0.1) is 0 Å². The molecule has 1 aromatic heterocycles. The van der Waals surface area contributed by atoms with E-state index in [0.29, 0.717) is 6.07 Å². The summed E-state index contributed by atoms with van der Waals surface area (Å²) < 4.78 is 36.6. The van der Waals surface area contributed by atoms with Gasteiger partial charge in [-0.25, -0.2) is 13.8 Å². The smallest absolute Gasteiger partial charge is 0.284 e. The van der Waals surface area contributed by atoms with Crippen LogP contribution >= 0.6 is 0 Å². The van der Waals surface area contributed by atoms with Gasteiger partial charge in [-0.05, 0) is 0 Å². The normalized spacial score (nSPS) is 10.8. The monoisotopic (exact) mass is 193 g/mol. The van der Waals surface area contributed by atoms with Gasteiger partial charge in [0, 0.05) is 11.6 Å². The van der Waals surface area contributed by atoms with Crippen molar-refractivity contribution in [1.82, 2.24) is 4.98 Å². The molecule has 0 spiro atoms. The number of hydrogen-bond acceptors (Lipinski definition) is 3. The van der Waals surface area contributed by atoms with Crippen molar-refractivity contribution in [2.24, 2.45) is 0 Å². The quantitative estimate of drug-likeness (QED) is 0.697. The van der Waals surface area contributed by atoms with Crippen LogP contribution < -0.4 is 0 Å². The van der Waals surface area contributed by atoms with Crippen LogP contribution in [0.2, 0.25) is 0 Å². The standard InChI is InChI=1S/C7H6F3NO2/c8-4-1-3(2-12)6(13)5(11-4)7(9)10/h1,7,12-13H,2H2. The van der Waals surface area contributed by atoms with Crippen molar-refractivity contribution >= 4 is 0 Å². The third-order valence-electron chi connectivity index (χ3n) is 1.44. The molecular weight excluding hydrogens is 187 g/mol. The first kappa shape index (κ1) is 9.79. The maximum atomic E-state index is 12.5. The van der Waals surface area contributed by atoms with Gasteiger partial charge in [0.15, 0.2) is 5.69 Å². The Balaban J connectivity index is 3.27.